The van der Waals surface area contributed by atoms with Crippen molar-refractivity contribution in [2.45, 2.75) is 83.9 Å². The Hall–Kier alpha value is -4.69. The highest BCUT2D eigenvalue weighted by Crippen LogP contribution is 2.44. The topological polar surface area (TPSA) is 159 Å². The van der Waals surface area contributed by atoms with Gasteiger partial charge in [-0.3, -0.25) is 9.59 Å². The van der Waals surface area contributed by atoms with Crippen molar-refractivity contribution in [3.63, 3.8) is 0 Å². The van der Waals surface area contributed by atoms with Crippen LogP contribution in [0.2, 0.25) is 0 Å². The molecule has 4 aliphatic heterocycles. The maximum Gasteiger partial charge on any atom is 0.242 e. The number of benzene rings is 3. The molecule has 4 aromatic rings. The van der Waals surface area contributed by atoms with Crippen LogP contribution in [0.25, 0.3) is 33.2 Å². The fourth-order valence-electron chi connectivity index (χ4n) is 8.87. The molecule has 1 unspecified atom stereocenters. The number of aromatic nitrogens is 2. The fraction of sp³-hybridized carbons (Fsp3) is 0.500. The van der Waals surface area contributed by atoms with Crippen molar-refractivity contribution in [2.24, 2.45) is 23.5 Å². The van der Waals surface area contributed by atoms with Gasteiger partial charge < -0.3 is 45.5 Å². The van der Waals surface area contributed by atoms with E-state index < -0.39 is 12.1 Å². The molecule has 4 aliphatic rings. The third-order valence-corrected chi connectivity index (χ3v) is 11.9. The number of ether oxygens (including phenoxy) is 2. The van der Waals surface area contributed by atoms with Crippen LogP contribution >= 0.6 is 0 Å². The minimum atomic E-state index is -0.540. The number of nitrogens with one attached hydrogen (secondary N) is 4. The number of hydrogen-bond donors (Lipinski definition) is 5. The van der Waals surface area contributed by atoms with Gasteiger partial charge in [-0.05, 0) is 71.9 Å². The number of nitrogens with two attached hydrogens (primary N) is 1. The molecular weight excluding hydrogens is 697 g/mol. The first kappa shape index (κ1) is 37.2. The number of carbonyl (C=O) groups excluding carboxylic acids is 2. The van der Waals surface area contributed by atoms with Crippen LogP contribution < -0.4 is 26.6 Å². The van der Waals surface area contributed by atoms with Gasteiger partial charge in [0, 0.05) is 37.1 Å². The van der Waals surface area contributed by atoms with Crippen molar-refractivity contribution in [3.8, 4) is 28.1 Å². The molecule has 2 fully saturated rings. The summed E-state index contributed by atoms with van der Waals surface area (Å²) in [5.74, 6) is 1.99. The lowest BCUT2D eigenvalue weighted by Crippen LogP contribution is -2.53. The number of aromatic amines is 1. The molecule has 0 radical (unpaired) electrons. The van der Waals surface area contributed by atoms with Gasteiger partial charge in [-0.15, -0.1) is 0 Å². The molecule has 2 saturated heterocycles. The summed E-state index contributed by atoms with van der Waals surface area (Å²) in [6.45, 7) is 10.3. The van der Waals surface area contributed by atoms with E-state index in [1.807, 2.05) is 37.5 Å². The molecule has 5 heterocycles. The van der Waals surface area contributed by atoms with Crippen molar-refractivity contribution in [1.29, 1.82) is 0 Å². The molecule has 55 heavy (non-hydrogen) atoms. The smallest absolute Gasteiger partial charge is 0.242 e. The highest BCUT2D eigenvalue weighted by atomic mass is 16.6. The van der Waals surface area contributed by atoms with Gasteiger partial charge in [0.25, 0.3) is 0 Å². The number of imidazole rings is 1. The van der Waals surface area contributed by atoms with Crippen LogP contribution in [0.4, 0.5) is 11.4 Å². The van der Waals surface area contributed by atoms with Gasteiger partial charge in [0.05, 0.1) is 54.6 Å². The monoisotopic (exact) mass is 750 g/mol. The maximum atomic E-state index is 13.6. The molecule has 0 bridgehead atoms. The summed E-state index contributed by atoms with van der Waals surface area (Å²) in [5, 5.41) is 9.64. The minimum absolute atomic E-state index is 0.00568. The average Bonchev–Trinajstić information content (AvgIpc) is 4.00. The van der Waals surface area contributed by atoms with E-state index in [1.165, 1.54) is 0 Å². The quantitative estimate of drug-likeness (QED) is 0.122. The molecular formula is C42H54N8O5. The first-order valence-corrected chi connectivity index (χ1v) is 19.7. The standard InChI is InChI=1S/C42H54N8O5/c1-22(2)35(43)41(51)50-19-24(20-53-5)16-33(50)40-44-30-14-11-27-17-25(9-12-28(27)37(30)46-40)26-10-13-29-34(18-26)55-21-31-38(29)47-39(45-31)32-8-7-15-49(32)42(52)36(23(3)4)48-54-6/h9-14,17-18,22-24,32-33,35-36,40,44,46,48H,7-8,15-16,19-21,43H2,1-6H3,(H,45,47)/t24-,32-,33-,35-,36-,40?/m0/s1. The average molecular weight is 751 g/mol. The highest BCUT2D eigenvalue weighted by Gasteiger charge is 2.44. The normalized spacial score (nSPS) is 22.6. The largest absolute Gasteiger partial charge is 0.487 e. The lowest BCUT2D eigenvalue weighted by Gasteiger charge is -2.32. The summed E-state index contributed by atoms with van der Waals surface area (Å²) in [6, 6.07) is 15.9. The number of likely N-dealkylation sites (tertiary alicyclic amines) is 2. The number of carbonyl (C=O) groups is 2. The van der Waals surface area contributed by atoms with Gasteiger partial charge in [0.15, 0.2) is 0 Å². The summed E-state index contributed by atoms with van der Waals surface area (Å²) in [7, 11) is 3.26. The number of H-pyrrole nitrogens is 1. The Morgan fingerprint density at radius 1 is 1.00 bits per heavy atom. The molecule has 13 nitrogen and oxygen atoms in total. The molecule has 0 saturated carbocycles. The number of hydrogen-bond acceptors (Lipinski definition) is 10. The van der Waals surface area contributed by atoms with Crippen LogP contribution in [0.15, 0.2) is 48.5 Å². The molecule has 2 amide bonds. The Morgan fingerprint density at radius 2 is 1.80 bits per heavy atom. The van der Waals surface area contributed by atoms with Crippen molar-refractivity contribution >= 4 is 34.0 Å². The second-order valence-electron chi connectivity index (χ2n) is 16.3. The van der Waals surface area contributed by atoms with E-state index in [4.69, 9.17) is 25.0 Å². The first-order chi connectivity index (χ1) is 26.6. The first-order valence-electron chi connectivity index (χ1n) is 19.7. The third-order valence-electron chi connectivity index (χ3n) is 11.9. The van der Waals surface area contributed by atoms with Crippen LogP contribution in [-0.2, 0) is 25.8 Å². The van der Waals surface area contributed by atoms with Crippen molar-refractivity contribution in [2.75, 3.05) is 44.5 Å². The van der Waals surface area contributed by atoms with E-state index in [-0.39, 0.29) is 47.8 Å². The summed E-state index contributed by atoms with van der Waals surface area (Å²) < 4.78 is 11.8. The lowest BCUT2D eigenvalue weighted by molar-refractivity contribution is -0.140. The summed E-state index contributed by atoms with van der Waals surface area (Å²) in [4.78, 5) is 44.8. The van der Waals surface area contributed by atoms with Gasteiger partial charge in [-0.2, -0.15) is 5.48 Å². The summed E-state index contributed by atoms with van der Waals surface area (Å²) >= 11 is 0. The van der Waals surface area contributed by atoms with Crippen LogP contribution in [0, 0.1) is 17.8 Å². The van der Waals surface area contributed by atoms with Gasteiger partial charge in [0.1, 0.15) is 30.4 Å². The van der Waals surface area contributed by atoms with E-state index in [2.05, 4.69) is 69.6 Å². The van der Waals surface area contributed by atoms with Crippen molar-refractivity contribution < 1.29 is 23.9 Å². The number of hydroxylamine groups is 1. The van der Waals surface area contributed by atoms with Crippen LogP contribution in [0.1, 0.15) is 64.5 Å². The Kier molecular flexibility index (Phi) is 10.2. The molecule has 13 heteroatoms. The van der Waals surface area contributed by atoms with Gasteiger partial charge in [0.2, 0.25) is 11.8 Å². The molecule has 6 N–H and O–H groups in total. The van der Waals surface area contributed by atoms with E-state index in [0.29, 0.717) is 26.3 Å². The Labute approximate surface area is 322 Å². The number of rotatable bonds is 11. The number of methoxy groups -OCH3 is 1. The number of amides is 2. The highest BCUT2D eigenvalue weighted by molar-refractivity contribution is 6.03. The van der Waals surface area contributed by atoms with E-state index in [9.17, 15) is 9.59 Å². The SMILES string of the molecule is COC[C@H]1C[C@@H](C2Nc3ccc4cc(-c5ccc6c(c5)OCc5[nH]c([C@@H]7CCCN7C(=O)[C@@H](NOC)C(C)C)nc5-6)ccc4c3N2)N(C(=O)[C@@H](N)C(C)C)C1. The van der Waals surface area contributed by atoms with Gasteiger partial charge in [-0.1, -0.05) is 52.0 Å². The van der Waals surface area contributed by atoms with E-state index in [1.54, 1.807) is 14.2 Å². The summed E-state index contributed by atoms with van der Waals surface area (Å²) in [5.41, 5.74) is 16.2. The number of fused-ring (bicyclic) bond motifs is 6. The fourth-order valence-corrected chi connectivity index (χ4v) is 8.87. The molecule has 8 rings (SSSR count). The molecule has 3 aromatic carbocycles. The Bertz CT molecular complexity index is 2080. The second kappa shape index (κ2) is 15.1. The zero-order chi connectivity index (χ0) is 38.5. The predicted molar refractivity (Wildman–Crippen MR) is 213 cm³/mol. The zero-order valence-corrected chi connectivity index (χ0v) is 32.6. The number of nitrogens with zero attached hydrogens (tertiary/aromatic N) is 3. The van der Waals surface area contributed by atoms with Crippen LogP contribution in [0.5, 0.6) is 5.75 Å². The third kappa shape index (κ3) is 6.81. The molecule has 0 aliphatic carbocycles. The molecule has 0 spiro atoms. The molecule has 1 aromatic heterocycles. The van der Waals surface area contributed by atoms with E-state index in [0.717, 1.165) is 81.1 Å². The van der Waals surface area contributed by atoms with Gasteiger partial charge >= 0.3 is 0 Å². The second-order valence-corrected chi connectivity index (χ2v) is 16.3. The minimum Gasteiger partial charge on any atom is -0.487 e. The van der Waals surface area contributed by atoms with Crippen LogP contribution in [-0.4, -0.2) is 89.8 Å². The molecule has 6 atom stereocenters. The predicted octanol–water partition coefficient (Wildman–Crippen LogP) is 5.64. The van der Waals surface area contributed by atoms with Gasteiger partial charge in [-0.25, -0.2) is 4.98 Å². The van der Waals surface area contributed by atoms with Crippen LogP contribution in [0.3, 0.4) is 0 Å². The maximum absolute atomic E-state index is 13.6. The zero-order valence-electron chi connectivity index (χ0n) is 32.6. The van der Waals surface area contributed by atoms with Crippen molar-refractivity contribution in [1.82, 2.24) is 25.2 Å². The lowest BCUT2D eigenvalue weighted by atomic mass is 9.97. The summed E-state index contributed by atoms with van der Waals surface area (Å²) in [6.07, 6.45) is 2.45. The van der Waals surface area contributed by atoms with E-state index >= 15 is 0 Å². The van der Waals surface area contributed by atoms with Crippen molar-refractivity contribution in [3.05, 3.63) is 60.0 Å². The Morgan fingerprint density at radius 3 is 2.56 bits per heavy atom. The number of anilines is 2. The molecule has 292 valence electrons. The Balaban J connectivity index is 1.01.